The first-order chi connectivity index (χ1) is 6.68. The van der Waals surface area contributed by atoms with E-state index in [1.54, 1.807) is 0 Å². The molecule has 1 heterocycles. The van der Waals surface area contributed by atoms with Crippen molar-refractivity contribution in [3.8, 4) is 0 Å². The molecule has 0 radical (unpaired) electrons. The van der Waals surface area contributed by atoms with Gasteiger partial charge in [0, 0.05) is 17.0 Å². The summed E-state index contributed by atoms with van der Waals surface area (Å²) in [4.78, 5) is 6.03. The monoisotopic (exact) mass is 209 g/mol. The van der Waals surface area contributed by atoms with Crippen LogP contribution < -0.4 is 0 Å². The van der Waals surface area contributed by atoms with Crippen molar-refractivity contribution in [3.05, 3.63) is 16.1 Å². The first kappa shape index (κ1) is 10.2. The van der Waals surface area contributed by atoms with E-state index in [0.29, 0.717) is 5.92 Å². The molecule has 2 atom stereocenters. The Morgan fingerprint density at radius 2 is 2.21 bits per heavy atom. The van der Waals surface area contributed by atoms with Crippen molar-refractivity contribution in [1.82, 2.24) is 4.98 Å². The second-order valence-electron chi connectivity index (χ2n) is 4.77. The van der Waals surface area contributed by atoms with Crippen molar-refractivity contribution in [2.24, 2.45) is 5.92 Å². The summed E-state index contributed by atoms with van der Waals surface area (Å²) in [6.07, 6.45) is 6.21. The highest BCUT2D eigenvalue weighted by Crippen LogP contribution is 2.41. The average molecular weight is 209 g/mol. The number of nitrogens with zero attached hydrogens (tertiary/aromatic N) is 1. The van der Waals surface area contributed by atoms with Crippen LogP contribution in [0.5, 0.6) is 0 Å². The maximum atomic E-state index is 4.59. The van der Waals surface area contributed by atoms with Crippen LogP contribution in [0.4, 0.5) is 0 Å². The van der Waals surface area contributed by atoms with E-state index in [4.69, 9.17) is 0 Å². The molecule has 0 N–H and O–H groups in total. The van der Waals surface area contributed by atoms with E-state index in [-0.39, 0.29) is 0 Å². The zero-order chi connectivity index (χ0) is 10.1. The fourth-order valence-corrected chi connectivity index (χ4v) is 3.44. The summed E-state index contributed by atoms with van der Waals surface area (Å²) >= 11 is 1.93. The van der Waals surface area contributed by atoms with E-state index in [1.807, 2.05) is 11.3 Å². The molecule has 1 aliphatic rings. The minimum absolute atomic E-state index is 0.637. The predicted octanol–water partition coefficient (Wildman–Crippen LogP) is 4.17. The molecule has 78 valence electrons. The van der Waals surface area contributed by atoms with Crippen LogP contribution in [0.3, 0.4) is 0 Å². The Kier molecular flexibility index (Phi) is 2.91. The summed E-state index contributed by atoms with van der Waals surface area (Å²) in [5, 5.41) is 1.39. The Bertz CT molecular complexity index is 303. The predicted molar refractivity (Wildman–Crippen MR) is 62.0 cm³/mol. The van der Waals surface area contributed by atoms with Gasteiger partial charge in [-0.3, -0.25) is 0 Å². The molecular weight excluding hydrogens is 190 g/mol. The molecule has 2 heteroatoms. The van der Waals surface area contributed by atoms with Crippen LogP contribution in [0.25, 0.3) is 0 Å². The number of hydrogen-bond acceptors (Lipinski definition) is 2. The molecule has 2 unspecified atom stereocenters. The lowest BCUT2D eigenvalue weighted by Crippen LogP contribution is -2.00. The molecule has 0 bridgehead atoms. The summed E-state index contributed by atoms with van der Waals surface area (Å²) < 4.78 is 0. The van der Waals surface area contributed by atoms with E-state index >= 15 is 0 Å². The van der Waals surface area contributed by atoms with E-state index in [2.05, 4.69) is 32.0 Å². The molecule has 1 aliphatic carbocycles. The van der Waals surface area contributed by atoms with Crippen molar-refractivity contribution in [2.45, 2.75) is 51.9 Å². The van der Waals surface area contributed by atoms with E-state index in [0.717, 1.165) is 11.8 Å². The van der Waals surface area contributed by atoms with Crippen LogP contribution in [0, 0.1) is 5.92 Å². The molecule has 0 amide bonds. The first-order valence-corrected chi connectivity index (χ1v) is 6.45. The maximum absolute atomic E-state index is 4.59. The molecule has 0 spiro atoms. The van der Waals surface area contributed by atoms with Crippen LogP contribution in [0.2, 0.25) is 0 Å². The summed E-state index contributed by atoms with van der Waals surface area (Å²) in [7, 11) is 0. The first-order valence-electron chi connectivity index (χ1n) is 5.64. The van der Waals surface area contributed by atoms with Crippen LogP contribution >= 0.6 is 11.3 Å². The third-order valence-corrected chi connectivity index (χ3v) is 4.72. The normalized spacial score (nSPS) is 27.4. The van der Waals surface area contributed by atoms with Gasteiger partial charge in [0.15, 0.2) is 0 Å². The van der Waals surface area contributed by atoms with Gasteiger partial charge in [-0.05, 0) is 18.3 Å². The van der Waals surface area contributed by atoms with Crippen LogP contribution in [-0.2, 0) is 0 Å². The van der Waals surface area contributed by atoms with Crippen molar-refractivity contribution in [2.75, 3.05) is 0 Å². The Morgan fingerprint density at radius 3 is 2.71 bits per heavy atom. The summed E-state index contributed by atoms with van der Waals surface area (Å²) in [6.45, 7) is 6.86. The van der Waals surface area contributed by atoms with Gasteiger partial charge in [0.25, 0.3) is 0 Å². The molecule has 0 aliphatic heterocycles. The lowest BCUT2D eigenvalue weighted by molar-refractivity contribution is 0.531. The lowest BCUT2D eigenvalue weighted by Gasteiger charge is -2.11. The average Bonchev–Trinajstić information content (AvgIpc) is 2.71. The van der Waals surface area contributed by atoms with Gasteiger partial charge in [-0.1, -0.05) is 33.6 Å². The Hall–Kier alpha value is -0.370. The Balaban J connectivity index is 2.16. The second kappa shape index (κ2) is 4.01. The molecule has 1 fully saturated rings. The number of thiazole rings is 1. The quantitative estimate of drug-likeness (QED) is 0.712. The van der Waals surface area contributed by atoms with Crippen LogP contribution in [0.15, 0.2) is 6.20 Å². The molecular formula is C12H19NS. The number of rotatable bonds is 2. The van der Waals surface area contributed by atoms with E-state index < -0.39 is 0 Å². The van der Waals surface area contributed by atoms with Gasteiger partial charge in [0.2, 0.25) is 0 Å². The zero-order valence-electron chi connectivity index (χ0n) is 9.29. The highest BCUT2D eigenvalue weighted by molar-refractivity contribution is 7.11. The number of hydrogen-bond donors (Lipinski definition) is 0. The summed E-state index contributed by atoms with van der Waals surface area (Å²) in [6, 6.07) is 0. The summed E-state index contributed by atoms with van der Waals surface area (Å²) in [5.41, 5.74) is 0. The standard InChI is InChI=1S/C12H19NS/c1-8(2)11-7-13-12(14-11)10-6-4-5-9(10)3/h7-10H,4-6H2,1-3H3. The maximum Gasteiger partial charge on any atom is 0.0961 e. The van der Waals surface area contributed by atoms with E-state index in [9.17, 15) is 0 Å². The molecule has 1 aromatic rings. The molecule has 2 rings (SSSR count). The number of aromatic nitrogens is 1. The minimum Gasteiger partial charge on any atom is -0.249 e. The zero-order valence-corrected chi connectivity index (χ0v) is 10.1. The van der Waals surface area contributed by atoms with Gasteiger partial charge in [0.05, 0.1) is 5.01 Å². The van der Waals surface area contributed by atoms with Gasteiger partial charge >= 0.3 is 0 Å². The second-order valence-corrected chi connectivity index (χ2v) is 5.86. The molecule has 1 nitrogen and oxygen atoms in total. The van der Waals surface area contributed by atoms with Crippen molar-refractivity contribution >= 4 is 11.3 Å². The summed E-state index contributed by atoms with van der Waals surface area (Å²) in [5.74, 6) is 2.24. The lowest BCUT2D eigenvalue weighted by atomic mass is 9.99. The third-order valence-electron chi connectivity index (χ3n) is 3.29. The van der Waals surface area contributed by atoms with Gasteiger partial charge in [0.1, 0.15) is 0 Å². The smallest absolute Gasteiger partial charge is 0.0961 e. The SMILES string of the molecule is CC(C)c1cnc(C2CCCC2C)s1. The molecule has 1 saturated carbocycles. The Morgan fingerprint density at radius 1 is 1.43 bits per heavy atom. The fraction of sp³-hybridized carbons (Fsp3) is 0.750. The van der Waals surface area contributed by atoms with Crippen molar-refractivity contribution < 1.29 is 0 Å². The molecule has 0 saturated heterocycles. The Labute approximate surface area is 90.6 Å². The molecule has 1 aromatic heterocycles. The van der Waals surface area contributed by atoms with Gasteiger partial charge < -0.3 is 0 Å². The third kappa shape index (κ3) is 1.85. The highest BCUT2D eigenvalue weighted by atomic mass is 32.1. The van der Waals surface area contributed by atoms with Crippen LogP contribution in [-0.4, -0.2) is 4.98 Å². The highest BCUT2D eigenvalue weighted by Gasteiger charge is 2.27. The molecule has 14 heavy (non-hydrogen) atoms. The van der Waals surface area contributed by atoms with Gasteiger partial charge in [-0.2, -0.15) is 0 Å². The topological polar surface area (TPSA) is 12.9 Å². The fourth-order valence-electron chi connectivity index (χ4n) is 2.25. The largest absolute Gasteiger partial charge is 0.249 e. The van der Waals surface area contributed by atoms with Crippen molar-refractivity contribution in [1.29, 1.82) is 0 Å². The van der Waals surface area contributed by atoms with E-state index in [1.165, 1.54) is 29.1 Å². The van der Waals surface area contributed by atoms with Crippen LogP contribution in [0.1, 0.15) is 61.8 Å². The minimum atomic E-state index is 0.637. The van der Waals surface area contributed by atoms with Crippen molar-refractivity contribution in [3.63, 3.8) is 0 Å². The van der Waals surface area contributed by atoms with Gasteiger partial charge in [-0.25, -0.2) is 4.98 Å². The van der Waals surface area contributed by atoms with Gasteiger partial charge in [-0.15, -0.1) is 11.3 Å². The molecule has 0 aromatic carbocycles.